The summed E-state index contributed by atoms with van der Waals surface area (Å²) in [6.07, 6.45) is 1.52. The predicted molar refractivity (Wildman–Crippen MR) is 71.4 cm³/mol. The number of rotatable bonds is 2. The Bertz CT molecular complexity index is 763. The topological polar surface area (TPSA) is 87.5 Å². The van der Waals surface area contributed by atoms with Gasteiger partial charge in [0.2, 0.25) is 0 Å². The third kappa shape index (κ3) is 1.68. The van der Waals surface area contributed by atoms with Crippen LogP contribution in [0.1, 0.15) is 32.0 Å². The summed E-state index contributed by atoms with van der Waals surface area (Å²) >= 11 is 0. The molecule has 1 aliphatic carbocycles. The maximum Gasteiger partial charge on any atom is 0.335 e. The molecule has 3 rings (SSSR count). The lowest BCUT2D eigenvalue weighted by molar-refractivity contribution is 0.0696. The highest BCUT2D eigenvalue weighted by atomic mass is 16.4. The summed E-state index contributed by atoms with van der Waals surface area (Å²) in [6.45, 7) is 0. The summed E-state index contributed by atoms with van der Waals surface area (Å²) in [5.41, 5.74) is 1.00. The molecule has 0 bridgehead atoms. The molecule has 1 aromatic heterocycles. The standard InChI is InChI=1S/C15H9NO4/c17-13-9-5-4-8(15(19)20)7-10(9)14(18)12(13)11-3-1-2-6-16-11/h1-7,18H,(H,19,20). The van der Waals surface area contributed by atoms with Crippen LogP contribution < -0.4 is 0 Å². The van der Waals surface area contributed by atoms with Crippen molar-refractivity contribution in [3.05, 3.63) is 65.0 Å². The first kappa shape index (κ1) is 12.1. The van der Waals surface area contributed by atoms with Crippen molar-refractivity contribution in [2.24, 2.45) is 0 Å². The minimum Gasteiger partial charge on any atom is -0.506 e. The first-order valence-corrected chi connectivity index (χ1v) is 5.86. The van der Waals surface area contributed by atoms with Crippen LogP contribution in [0.4, 0.5) is 0 Å². The fourth-order valence-electron chi connectivity index (χ4n) is 2.20. The molecule has 0 saturated heterocycles. The van der Waals surface area contributed by atoms with Gasteiger partial charge in [0, 0.05) is 17.3 Å². The van der Waals surface area contributed by atoms with Gasteiger partial charge < -0.3 is 10.2 Å². The zero-order chi connectivity index (χ0) is 14.3. The molecule has 0 unspecified atom stereocenters. The van der Waals surface area contributed by atoms with Crippen molar-refractivity contribution in [3.8, 4) is 0 Å². The number of nitrogens with zero attached hydrogens (tertiary/aromatic N) is 1. The normalized spacial score (nSPS) is 13.5. The number of aliphatic hydroxyl groups excluding tert-OH is 1. The maximum atomic E-state index is 12.3. The molecule has 1 aliphatic rings. The molecule has 20 heavy (non-hydrogen) atoms. The molecule has 0 radical (unpaired) electrons. The van der Waals surface area contributed by atoms with Crippen molar-refractivity contribution < 1.29 is 19.8 Å². The summed E-state index contributed by atoms with van der Waals surface area (Å²) in [5, 5.41) is 19.2. The first-order valence-electron chi connectivity index (χ1n) is 5.86. The predicted octanol–water partition coefficient (Wildman–Crippen LogP) is 2.40. The summed E-state index contributed by atoms with van der Waals surface area (Å²) in [4.78, 5) is 27.3. The van der Waals surface area contributed by atoms with E-state index in [2.05, 4.69) is 4.98 Å². The van der Waals surface area contributed by atoms with E-state index in [1.165, 1.54) is 24.4 Å². The van der Waals surface area contributed by atoms with Crippen LogP contribution in [0.5, 0.6) is 0 Å². The number of aromatic nitrogens is 1. The number of carbonyl (C=O) groups is 2. The number of ketones is 1. The Morgan fingerprint density at radius 3 is 2.55 bits per heavy atom. The molecule has 0 atom stereocenters. The second-order valence-electron chi connectivity index (χ2n) is 4.33. The maximum absolute atomic E-state index is 12.3. The highest BCUT2D eigenvalue weighted by Gasteiger charge is 2.31. The molecule has 0 aliphatic heterocycles. The van der Waals surface area contributed by atoms with Gasteiger partial charge in [-0.15, -0.1) is 0 Å². The Kier molecular flexibility index (Phi) is 2.61. The fourth-order valence-corrected chi connectivity index (χ4v) is 2.20. The number of aromatic carboxylic acids is 1. The van der Waals surface area contributed by atoms with Gasteiger partial charge in [0.05, 0.1) is 16.8 Å². The number of pyridine rings is 1. The largest absolute Gasteiger partial charge is 0.506 e. The van der Waals surface area contributed by atoms with Gasteiger partial charge in [-0.05, 0) is 30.3 Å². The number of carboxylic acids is 1. The second kappa shape index (κ2) is 4.31. The van der Waals surface area contributed by atoms with Gasteiger partial charge in [-0.3, -0.25) is 9.78 Å². The van der Waals surface area contributed by atoms with E-state index in [0.29, 0.717) is 5.69 Å². The van der Waals surface area contributed by atoms with Crippen molar-refractivity contribution >= 4 is 23.1 Å². The molecule has 5 heteroatoms. The van der Waals surface area contributed by atoms with Gasteiger partial charge >= 0.3 is 5.97 Å². The van der Waals surface area contributed by atoms with Gasteiger partial charge in [-0.25, -0.2) is 4.79 Å². The minimum atomic E-state index is -1.11. The Balaban J connectivity index is 2.19. The summed E-state index contributed by atoms with van der Waals surface area (Å²) in [7, 11) is 0. The number of allylic oxidation sites excluding steroid dienone is 1. The van der Waals surface area contributed by atoms with Crippen molar-refractivity contribution in [1.82, 2.24) is 4.98 Å². The third-order valence-electron chi connectivity index (χ3n) is 3.15. The van der Waals surface area contributed by atoms with E-state index < -0.39 is 5.97 Å². The number of benzene rings is 1. The molecule has 5 nitrogen and oxygen atoms in total. The fraction of sp³-hybridized carbons (Fsp3) is 0. The number of hydrogen-bond acceptors (Lipinski definition) is 4. The molecule has 2 N–H and O–H groups in total. The van der Waals surface area contributed by atoms with Gasteiger partial charge in [-0.2, -0.15) is 0 Å². The van der Waals surface area contributed by atoms with Crippen molar-refractivity contribution in [1.29, 1.82) is 0 Å². The quantitative estimate of drug-likeness (QED) is 0.872. The van der Waals surface area contributed by atoms with Gasteiger partial charge in [0.1, 0.15) is 5.76 Å². The van der Waals surface area contributed by atoms with Crippen molar-refractivity contribution in [3.63, 3.8) is 0 Å². The lowest BCUT2D eigenvalue weighted by Crippen LogP contribution is -2.01. The van der Waals surface area contributed by atoms with Crippen LogP contribution in [0.25, 0.3) is 11.3 Å². The van der Waals surface area contributed by atoms with Crippen LogP contribution in [0, 0.1) is 0 Å². The molecule has 0 fully saturated rings. The third-order valence-corrected chi connectivity index (χ3v) is 3.15. The number of aliphatic hydroxyl groups is 1. The molecule has 0 amide bonds. The molecule has 2 aromatic rings. The van der Waals surface area contributed by atoms with Crippen LogP contribution in [0.15, 0.2) is 42.6 Å². The van der Waals surface area contributed by atoms with Gasteiger partial charge in [0.25, 0.3) is 0 Å². The number of carboxylic acid groups (broad SMARTS) is 1. The molecule has 98 valence electrons. The highest BCUT2D eigenvalue weighted by Crippen LogP contribution is 2.36. The summed E-state index contributed by atoms with van der Waals surface area (Å²) < 4.78 is 0. The highest BCUT2D eigenvalue weighted by molar-refractivity contribution is 6.38. The Morgan fingerprint density at radius 2 is 1.90 bits per heavy atom. The minimum absolute atomic E-state index is 0.0189. The van der Waals surface area contributed by atoms with Gasteiger partial charge in [-0.1, -0.05) is 6.07 Å². The van der Waals surface area contributed by atoms with Crippen LogP contribution in [-0.4, -0.2) is 26.9 Å². The van der Waals surface area contributed by atoms with Crippen LogP contribution in [0.2, 0.25) is 0 Å². The zero-order valence-corrected chi connectivity index (χ0v) is 10.2. The monoisotopic (exact) mass is 267 g/mol. The SMILES string of the molecule is O=C(O)c1ccc2c(c1)C(O)=C(c1ccccn1)C2=O. The van der Waals surface area contributed by atoms with Crippen LogP contribution in [-0.2, 0) is 0 Å². The van der Waals surface area contributed by atoms with Crippen molar-refractivity contribution in [2.75, 3.05) is 0 Å². The number of hydrogen-bond donors (Lipinski definition) is 2. The lowest BCUT2D eigenvalue weighted by Gasteiger charge is -2.00. The molecule has 0 spiro atoms. The molecular formula is C15H9NO4. The zero-order valence-electron chi connectivity index (χ0n) is 10.2. The average molecular weight is 267 g/mol. The van der Waals surface area contributed by atoms with E-state index in [9.17, 15) is 14.7 Å². The van der Waals surface area contributed by atoms with E-state index in [1.807, 2.05) is 0 Å². The molecule has 1 heterocycles. The lowest BCUT2D eigenvalue weighted by atomic mass is 10.0. The van der Waals surface area contributed by atoms with E-state index in [-0.39, 0.29) is 33.8 Å². The number of fused-ring (bicyclic) bond motifs is 1. The summed E-state index contributed by atoms with van der Waals surface area (Å²) in [5.74, 6) is -1.70. The van der Waals surface area contributed by atoms with Crippen LogP contribution >= 0.6 is 0 Å². The number of carbonyl (C=O) groups excluding carboxylic acids is 1. The van der Waals surface area contributed by atoms with Gasteiger partial charge in [0.15, 0.2) is 5.78 Å². The van der Waals surface area contributed by atoms with E-state index in [4.69, 9.17) is 5.11 Å². The van der Waals surface area contributed by atoms with Crippen LogP contribution in [0.3, 0.4) is 0 Å². The van der Waals surface area contributed by atoms with E-state index in [1.54, 1.807) is 18.2 Å². The van der Waals surface area contributed by atoms with E-state index in [0.717, 1.165) is 0 Å². The second-order valence-corrected chi connectivity index (χ2v) is 4.33. The van der Waals surface area contributed by atoms with Crippen molar-refractivity contribution in [2.45, 2.75) is 0 Å². The Morgan fingerprint density at radius 1 is 1.10 bits per heavy atom. The number of Topliss-reactive ketones (excluding diaryl/α,β-unsaturated/α-hetero) is 1. The summed E-state index contributed by atoms with van der Waals surface area (Å²) in [6, 6.07) is 9.08. The average Bonchev–Trinajstić information content (AvgIpc) is 2.71. The molecule has 0 saturated carbocycles. The Hall–Kier alpha value is -2.95. The Labute approximate surface area is 113 Å². The van der Waals surface area contributed by atoms with E-state index >= 15 is 0 Å². The smallest absolute Gasteiger partial charge is 0.335 e. The molecular weight excluding hydrogens is 258 g/mol. The first-order chi connectivity index (χ1) is 9.59. The molecule has 1 aromatic carbocycles.